The van der Waals surface area contributed by atoms with Crippen molar-refractivity contribution in [1.82, 2.24) is 30.9 Å². The van der Waals surface area contributed by atoms with E-state index in [1.54, 1.807) is 39.0 Å². The van der Waals surface area contributed by atoms with Gasteiger partial charge in [-0.05, 0) is 307 Å². The minimum atomic E-state index is -1.69. The molecule has 4 aliphatic carbocycles. The number of amides is 3. The molecular formula is C93H104BrClF6N6O11Si2. The number of oxazole rings is 3. The molecular weight excluding hydrogens is 1660 g/mol. The van der Waals surface area contributed by atoms with Gasteiger partial charge in [-0.15, -0.1) is 0 Å². The molecule has 0 bridgehead atoms. The number of carbonyl (C=O) groups excluding carboxylic acids is 3. The van der Waals surface area contributed by atoms with Gasteiger partial charge < -0.3 is 52.6 Å². The summed E-state index contributed by atoms with van der Waals surface area (Å²) < 4.78 is 122. The third kappa shape index (κ3) is 26.5. The number of ether oxygens (including phenoxy) is 2. The molecule has 3 heterocycles. The summed E-state index contributed by atoms with van der Waals surface area (Å²) >= 11 is 8.92. The zero-order valence-electron chi connectivity index (χ0n) is 70.3. The number of halogens is 8. The largest absolute Gasteiger partial charge is 0.543 e. The summed E-state index contributed by atoms with van der Waals surface area (Å²) in [6.45, 7) is 31.6. The van der Waals surface area contributed by atoms with Crippen molar-refractivity contribution in [2.45, 2.75) is 213 Å². The fourth-order valence-electron chi connectivity index (χ4n) is 11.5. The molecule has 8 aromatic carbocycles. The SMILES string of the molecule is CC(C)(C)[Si](C)(C)Oc1cccc(Br)c1.CC(C)(C)[Si](C)(C)Oc1cccc(C2CC2)c1.Cc1c(F)cc([C@@H](C)NC(=O)c2coc(Cl)n2)cc1F.Cc1c(F)cc([C@@H](C)NC(=O)c2coc(Oc3cccc(C4CC4)c3)n2)cc1F.Cc1c(F)cc([C@@H](C)NC(=O)c2coc(Oc3cccc(C4CC4)c3)n2)cc1F.Oc1cccc(C2CC2)c1. The zero-order valence-corrected chi connectivity index (χ0v) is 74.7. The Hall–Kier alpha value is -10.4. The first-order valence-electron chi connectivity index (χ1n) is 40.0. The summed E-state index contributed by atoms with van der Waals surface area (Å²) in [6.07, 6.45) is 13.4. The van der Waals surface area contributed by atoms with Crippen LogP contribution in [0.5, 0.6) is 40.9 Å². The number of benzene rings is 8. The molecule has 636 valence electrons. The van der Waals surface area contributed by atoms with Crippen LogP contribution in [-0.4, -0.2) is 54.4 Å². The molecule has 17 nitrogen and oxygen atoms in total. The lowest BCUT2D eigenvalue weighted by molar-refractivity contribution is 0.0926. The molecule has 3 aromatic heterocycles. The highest BCUT2D eigenvalue weighted by atomic mass is 79.9. The van der Waals surface area contributed by atoms with Crippen LogP contribution in [0.3, 0.4) is 0 Å². The van der Waals surface area contributed by atoms with E-state index in [9.17, 15) is 40.7 Å². The Morgan fingerprint density at radius 1 is 0.433 bits per heavy atom. The fraction of sp³-hybridized carbons (Fsp3) is 0.355. The highest BCUT2D eigenvalue weighted by Gasteiger charge is 2.41. The van der Waals surface area contributed by atoms with Crippen LogP contribution >= 0.6 is 27.5 Å². The van der Waals surface area contributed by atoms with Crippen molar-refractivity contribution in [3.8, 4) is 40.9 Å². The number of hydrogen-bond donors (Lipinski definition) is 4. The van der Waals surface area contributed by atoms with Gasteiger partial charge in [0.05, 0.1) is 18.1 Å². The molecule has 0 unspecified atom stereocenters. The second kappa shape index (κ2) is 39.9. The van der Waals surface area contributed by atoms with Gasteiger partial charge in [0.1, 0.15) is 82.4 Å². The van der Waals surface area contributed by atoms with Crippen LogP contribution in [0.25, 0.3) is 0 Å². The standard InChI is InChI=1S/2C22H20F2N2O3.C15H24OSi.C13H11ClF2N2O2.C12H19BrOSi.C9H10O/c2*1-12-18(23)9-16(10-19(12)24)13(2)25-21(27)20-11-28-22(26-20)29-17-5-3-4-15(8-17)14-6-7-14;1-15(2,3)17(4,5)16-14-8-6-7-13(11-14)12-9-10-12;1-6-9(15)3-8(4-10(6)16)7(2)17-12(19)11-5-20-13(14)18-11;1-12(2,3)15(4,5)14-11-8-6-7-10(13)9-11;10-9-3-1-2-8(6-9)7-4-5-7/h2*3-5,8-11,13-14H,6-7H2,1-2H3,(H,25,27);6-8,11-12H,9-10H2,1-5H3;3-5,7H,1-2H3,(H,17,19);6-9H,1-5H3;1-3,6-7,10H,4-5H2/t2*13-;;7-;;/m11.1../s1. The summed E-state index contributed by atoms with van der Waals surface area (Å²) in [4.78, 5) is 48.3. The Balaban J connectivity index is 0.000000156. The number of nitrogens with one attached hydrogen (secondary N) is 3. The van der Waals surface area contributed by atoms with Crippen LogP contribution < -0.4 is 34.3 Å². The number of hydrogen-bond acceptors (Lipinski definition) is 14. The predicted molar refractivity (Wildman–Crippen MR) is 461 cm³/mol. The van der Waals surface area contributed by atoms with E-state index in [1.165, 1.54) is 143 Å². The van der Waals surface area contributed by atoms with Gasteiger partial charge in [0.15, 0.2) is 17.1 Å². The first-order chi connectivity index (χ1) is 56.6. The van der Waals surface area contributed by atoms with Crippen molar-refractivity contribution in [2.75, 3.05) is 0 Å². The van der Waals surface area contributed by atoms with Crippen molar-refractivity contribution in [2.24, 2.45) is 0 Å². The van der Waals surface area contributed by atoms with Crippen molar-refractivity contribution >= 4 is 61.9 Å². The van der Waals surface area contributed by atoms with Crippen LogP contribution in [-0.2, 0) is 0 Å². The van der Waals surface area contributed by atoms with E-state index in [-0.39, 0.29) is 61.4 Å². The molecule has 3 amide bonds. The molecule has 27 heteroatoms. The van der Waals surface area contributed by atoms with Crippen LogP contribution in [0.4, 0.5) is 26.3 Å². The maximum absolute atomic E-state index is 13.8. The van der Waals surface area contributed by atoms with E-state index in [4.69, 9.17) is 48.3 Å². The van der Waals surface area contributed by atoms with Crippen molar-refractivity contribution in [1.29, 1.82) is 0 Å². The van der Waals surface area contributed by atoms with Crippen LogP contribution in [0.2, 0.25) is 41.6 Å². The molecule has 0 spiro atoms. The number of aromatic nitrogens is 3. The minimum absolute atomic E-state index is 0.00472. The summed E-state index contributed by atoms with van der Waals surface area (Å²) in [5, 5.41) is 17.3. The van der Waals surface area contributed by atoms with E-state index in [2.05, 4.69) is 157 Å². The summed E-state index contributed by atoms with van der Waals surface area (Å²) in [5.74, 6) is 0.733. The molecule has 4 fully saturated rings. The molecule has 4 aliphatic rings. The van der Waals surface area contributed by atoms with Crippen molar-refractivity contribution in [3.63, 3.8) is 0 Å². The summed E-state index contributed by atoms with van der Waals surface area (Å²) in [6, 6.07) is 45.0. The first kappa shape index (κ1) is 91.9. The van der Waals surface area contributed by atoms with Crippen LogP contribution in [0.1, 0.15) is 243 Å². The van der Waals surface area contributed by atoms with Gasteiger partial charge in [-0.2, -0.15) is 15.0 Å². The maximum atomic E-state index is 13.8. The van der Waals surface area contributed by atoms with Crippen molar-refractivity contribution < 1.29 is 77.4 Å². The molecule has 3 atom stereocenters. The van der Waals surface area contributed by atoms with E-state index in [0.29, 0.717) is 45.8 Å². The maximum Gasteiger partial charge on any atom is 0.399 e. The molecule has 0 aliphatic heterocycles. The van der Waals surface area contributed by atoms with E-state index in [0.717, 1.165) is 34.1 Å². The normalized spacial score (nSPS) is 14.5. The molecule has 15 rings (SSSR count). The Morgan fingerprint density at radius 2 is 0.717 bits per heavy atom. The zero-order chi connectivity index (χ0) is 87.3. The van der Waals surface area contributed by atoms with Crippen LogP contribution in [0, 0.1) is 55.7 Å². The second-order valence-electron chi connectivity index (χ2n) is 33.7. The van der Waals surface area contributed by atoms with E-state index < -0.39 is 87.4 Å². The average molecular weight is 1770 g/mol. The van der Waals surface area contributed by atoms with E-state index in [1.807, 2.05) is 60.7 Å². The lowest BCUT2D eigenvalue weighted by Crippen LogP contribution is -2.43. The molecule has 120 heavy (non-hydrogen) atoms. The summed E-state index contributed by atoms with van der Waals surface area (Å²) in [7, 11) is -3.37. The Bertz CT molecular complexity index is 5140. The van der Waals surface area contributed by atoms with Gasteiger partial charge >= 0.3 is 12.2 Å². The van der Waals surface area contributed by atoms with Gasteiger partial charge in [-0.1, -0.05) is 112 Å². The van der Waals surface area contributed by atoms with Crippen molar-refractivity contribution in [3.05, 3.63) is 294 Å². The number of phenolic OH excluding ortho intramolecular Hbond substituents is 1. The molecule has 0 radical (unpaired) electrons. The van der Waals surface area contributed by atoms with Crippen LogP contribution in [0.15, 0.2) is 194 Å². The first-order valence-corrected chi connectivity index (χ1v) is 47.0. The second-order valence-corrected chi connectivity index (χ2v) is 44.4. The highest BCUT2D eigenvalue weighted by Crippen LogP contribution is 2.46. The lowest BCUT2D eigenvalue weighted by Gasteiger charge is -2.36. The Labute approximate surface area is 713 Å². The molecule has 4 saturated carbocycles. The number of rotatable bonds is 21. The molecule has 11 aromatic rings. The third-order valence-corrected chi connectivity index (χ3v) is 31.2. The molecule has 0 saturated heterocycles. The van der Waals surface area contributed by atoms with Gasteiger partial charge in [0, 0.05) is 21.2 Å². The van der Waals surface area contributed by atoms with Gasteiger partial charge in [0.25, 0.3) is 23.1 Å². The van der Waals surface area contributed by atoms with E-state index >= 15 is 0 Å². The monoisotopic (exact) mass is 1760 g/mol. The quantitative estimate of drug-likeness (QED) is 0.0388. The topological polar surface area (TPSA) is 223 Å². The number of aromatic hydroxyl groups is 1. The number of nitrogens with zero attached hydrogens (tertiary/aromatic N) is 3. The number of phenols is 1. The lowest BCUT2D eigenvalue weighted by atomic mass is 10.1. The Kier molecular flexibility index (Phi) is 30.5. The average Bonchev–Trinajstić information content (AvgIpc) is 0.993. The predicted octanol–water partition coefficient (Wildman–Crippen LogP) is 26.3. The summed E-state index contributed by atoms with van der Waals surface area (Å²) in [5.41, 5.74) is 5.95. The third-order valence-electron chi connectivity index (χ3n) is 21.8. The minimum Gasteiger partial charge on any atom is -0.543 e. The van der Waals surface area contributed by atoms with Gasteiger partial charge in [0.2, 0.25) is 16.6 Å². The molecule has 4 N–H and O–H groups in total. The fourth-order valence-corrected chi connectivity index (χ4v) is 14.1. The highest BCUT2D eigenvalue weighted by molar-refractivity contribution is 9.10. The number of carbonyl (C=O) groups is 3. The smallest absolute Gasteiger partial charge is 0.399 e. The Morgan fingerprint density at radius 3 is 1.02 bits per heavy atom. The van der Waals surface area contributed by atoms with Gasteiger partial charge in [-0.3, -0.25) is 14.4 Å². The van der Waals surface area contributed by atoms with Gasteiger partial charge in [-0.25, -0.2) is 26.3 Å².